The Morgan fingerprint density at radius 1 is 1.27 bits per heavy atom. The summed E-state index contributed by atoms with van der Waals surface area (Å²) in [6, 6.07) is 9.37. The van der Waals surface area contributed by atoms with Gasteiger partial charge in [0.05, 0.1) is 6.54 Å². The first-order valence-electron chi connectivity index (χ1n) is 7.09. The van der Waals surface area contributed by atoms with Gasteiger partial charge in [0, 0.05) is 19.2 Å². The summed E-state index contributed by atoms with van der Waals surface area (Å²) in [7, 11) is 1.54. The van der Waals surface area contributed by atoms with Gasteiger partial charge < -0.3 is 14.6 Å². The first-order valence-corrected chi connectivity index (χ1v) is 7.09. The lowest BCUT2D eigenvalue weighted by atomic mass is 10.2. The van der Waals surface area contributed by atoms with E-state index < -0.39 is 0 Å². The molecule has 0 spiro atoms. The monoisotopic (exact) mass is 301 g/mol. The average molecular weight is 301 g/mol. The molecule has 0 aliphatic carbocycles. The van der Waals surface area contributed by atoms with Crippen molar-refractivity contribution in [3.8, 4) is 11.5 Å². The van der Waals surface area contributed by atoms with Crippen LogP contribution in [-0.2, 0) is 4.79 Å². The molecule has 1 aromatic carbocycles. The van der Waals surface area contributed by atoms with Crippen molar-refractivity contribution in [3.05, 3.63) is 41.8 Å². The highest BCUT2D eigenvalue weighted by Crippen LogP contribution is 2.22. The summed E-state index contributed by atoms with van der Waals surface area (Å²) >= 11 is 0. The lowest BCUT2D eigenvalue weighted by Crippen LogP contribution is -2.39. The van der Waals surface area contributed by atoms with Gasteiger partial charge in [0.1, 0.15) is 5.76 Å². The topological polar surface area (TPSA) is 75.4 Å². The van der Waals surface area contributed by atoms with Crippen LogP contribution in [0.4, 0.5) is 0 Å². The van der Waals surface area contributed by atoms with Crippen LogP contribution in [0.1, 0.15) is 23.2 Å². The number of nitrogens with zero attached hydrogens (tertiary/aromatic N) is 2. The zero-order chi connectivity index (χ0) is 16.1. The average Bonchev–Trinajstić information content (AvgIpc) is 2.94. The summed E-state index contributed by atoms with van der Waals surface area (Å²) in [4.78, 5) is 29.7. The Morgan fingerprint density at radius 2 is 1.95 bits per heavy atom. The fourth-order valence-electron chi connectivity index (χ4n) is 2.03. The summed E-state index contributed by atoms with van der Waals surface area (Å²) in [5, 5.41) is 2.51. The van der Waals surface area contributed by atoms with Crippen molar-refractivity contribution < 1.29 is 14.0 Å². The molecule has 0 aliphatic heterocycles. The quantitative estimate of drug-likeness (QED) is 0.914. The van der Waals surface area contributed by atoms with Crippen molar-refractivity contribution >= 4 is 11.8 Å². The van der Waals surface area contributed by atoms with Gasteiger partial charge in [-0.25, -0.2) is 4.98 Å². The van der Waals surface area contributed by atoms with E-state index in [0.29, 0.717) is 18.2 Å². The predicted molar refractivity (Wildman–Crippen MR) is 82.3 cm³/mol. The van der Waals surface area contributed by atoms with E-state index in [1.54, 1.807) is 6.92 Å². The second kappa shape index (κ2) is 6.89. The Hall–Kier alpha value is -2.63. The largest absolute Gasteiger partial charge is 0.441 e. The zero-order valence-electron chi connectivity index (χ0n) is 12.9. The number of likely N-dealkylation sites (N-methyl/N-ethyl adjacent to an activating group) is 2. The highest BCUT2D eigenvalue weighted by atomic mass is 16.4. The number of aromatic nitrogens is 1. The first-order chi connectivity index (χ1) is 10.6. The zero-order valence-corrected chi connectivity index (χ0v) is 12.9. The van der Waals surface area contributed by atoms with Crippen LogP contribution >= 0.6 is 0 Å². The summed E-state index contributed by atoms with van der Waals surface area (Å²) in [6.45, 7) is 3.92. The molecule has 0 unspecified atom stereocenters. The molecular formula is C16H19N3O3. The van der Waals surface area contributed by atoms with Gasteiger partial charge in [-0.05, 0) is 26.0 Å². The predicted octanol–water partition coefficient (Wildman–Crippen LogP) is 1.86. The van der Waals surface area contributed by atoms with Crippen molar-refractivity contribution in [2.75, 3.05) is 20.1 Å². The van der Waals surface area contributed by atoms with E-state index in [1.807, 2.05) is 37.3 Å². The normalized spacial score (nSPS) is 10.3. The Morgan fingerprint density at radius 3 is 2.55 bits per heavy atom. The molecule has 0 aliphatic rings. The standard InChI is InChI=1S/C16H19N3O3/c1-4-19(10-13(20)17-3)16(21)14-11(2)22-15(18-14)12-8-6-5-7-9-12/h5-9H,4,10H2,1-3H3,(H,17,20). The SMILES string of the molecule is CCN(CC(=O)NC)C(=O)c1nc(-c2ccccc2)oc1C. The Balaban J connectivity index is 2.26. The molecule has 0 saturated heterocycles. The number of hydrogen-bond acceptors (Lipinski definition) is 4. The maximum Gasteiger partial charge on any atom is 0.276 e. The van der Waals surface area contributed by atoms with Crippen LogP contribution in [0.3, 0.4) is 0 Å². The van der Waals surface area contributed by atoms with Crippen molar-refractivity contribution in [1.29, 1.82) is 0 Å². The fourth-order valence-corrected chi connectivity index (χ4v) is 2.03. The summed E-state index contributed by atoms with van der Waals surface area (Å²) in [5.74, 6) is 0.311. The highest BCUT2D eigenvalue weighted by Gasteiger charge is 2.23. The summed E-state index contributed by atoms with van der Waals surface area (Å²) < 4.78 is 5.59. The highest BCUT2D eigenvalue weighted by molar-refractivity contribution is 5.96. The molecule has 0 atom stereocenters. The first kappa shape index (κ1) is 15.8. The fraction of sp³-hybridized carbons (Fsp3) is 0.312. The third-order valence-corrected chi connectivity index (χ3v) is 3.30. The molecule has 0 fully saturated rings. The number of hydrogen-bond donors (Lipinski definition) is 1. The lowest BCUT2D eigenvalue weighted by Gasteiger charge is -2.18. The van der Waals surface area contributed by atoms with Gasteiger partial charge in [-0.15, -0.1) is 0 Å². The minimum Gasteiger partial charge on any atom is -0.441 e. The number of oxazole rings is 1. The molecule has 2 amide bonds. The van der Waals surface area contributed by atoms with Gasteiger partial charge in [-0.2, -0.15) is 0 Å². The minimum absolute atomic E-state index is 0.00119. The Kier molecular flexibility index (Phi) is 4.93. The number of amides is 2. The molecule has 1 N–H and O–H groups in total. The van der Waals surface area contributed by atoms with Crippen LogP contribution in [0.25, 0.3) is 11.5 Å². The lowest BCUT2D eigenvalue weighted by molar-refractivity contribution is -0.121. The third kappa shape index (κ3) is 3.33. The van der Waals surface area contributed by atoms with Gasteiger partial charge >= 0.3 is 0 Å². The van der Waals surface area contributed by atoms with Crippen LogP contribution < -0.4 is 5.32 Å². The molecule has 116 valence electrons. The number of carbonyl (C=O) groups is 2. The van der Waals surface area contributed by atoms with Crippen LogP contribution in [0, 0.1) is 6.92 Å². The van der Waals surface area contributed by atoms with E-state index in [2.05, 4.69) is 10.3 Å². The van der Waals surface area contributed by atoms with Crippen molar-refractivity contribution in [2.45, 2.75) is 13.8 Å². The molecule has 6 nitrogen and oxygen atoms in total. The van der Waals surface area contributed by atoms with E-state index in [9.17, 15) is 9.59 Å². The molecule has 0 bridgehead atoms. The van der Waals surface area contributed by atoms with Crippen molar-refractivity contribution in [2.24, 2.45) is 0 Å². The third-order valence-electron chi connectivity index (χ3n) is 3.30. The second-order valence-corrected chi connectivity index (χ2v) is 4.78. The molecule has 0 radical (unpaired) electrons. The molecule has 2 aromatic rings. The Labute approximate surface area is 129 Å². The minimum atomic E-state index is -0.311. The molecule has 6 heteroatoms. The number of rotatable bonds is 5. The van der Waals surface area contributed by atoms with E-state index in [-0.39, 0.29) is 24.1 Å². The number of benzene rings is 1. The van der Waals surface area contributed by atoms with Crippen LogP contribution in [-0.4, -0.2) is 41.8 Å². The summed E-state index contributed by atoms with van der Waals surface area (Å²) in [6.07, 6.45) is 0. The number of aryl methyl sites for hydroxylation is 1. The van der Waals surface area contributed by atoms with Crippen LogP contribution in [0.2, 0.25) is 0 Å². The molecule has 0 saturated carbocycles. The molecular weight excluding hydrogens is 282 g/mol. The van der Waals surface area contributed by atoms with Gasteiger partial charge in [0.15, 0.2) is 5.69 Å². The van der Waals surface area contributed by atoms with Gasteiger partial charge in [-0.3, -0.25) is 9.59 Å². The maximum absolute atomic E-state index is 12.5. The van der Waals surface area contributed by atoms with Crippen molar-refractivity contribution in [3.63, 3.8) is 0 Å². The van der Waals surface area contributed by atoms with Gasteiger partial charge in [0.25, 0.3) is 5.91 Å². The Bertz CT molecular complexity index is 665. The molecule has 1 heterocycles. The maximum atomic E-state index is 12.5. The van der Waals surface area contributed by atoms with E-state index in [1.165, 1.54) is 11.9 Å². The number of carbonyl (C=O) groups excluding carboxylic acids is 2. The summed E-state index contributed by atoms with van der Waals surface area (Å²) in [5.41, 5.74) is 1.05. The molecule has 22 heavy (non-hydrogen) atoms. The number of nitrogens with one attached hydrogen (secondary N) is 1. The van der Waals surface area contributed by atoms with Gasteiger partial charge in [0.2, 0.25) is 11.8 Å². The van der Waals surface area contributed by atoms with E-state index in [4.69, 9.17) is 4.42 Å². The second-order valence-electron chi connectivity index (χ2n) is 4.78. The van der Waals surface area contributed by atoms with Crippen LogP contribution in [0.5, 0.6) is 0 Å². The van der Waals surface area contributed by atoms with Crippen LogP contribution in [0.15, 0.2) is 34.7 Å². The molecule has 2 rings (SSSR count). The van der Waals surface area contributed by atoms with E-state index >= 15 is 0 Å². The smallest absolute Gasteiger partial charge is 0.276 e. The molecule has 1 aromatic heterocycles. The van der Waals surface area contributed by atoms with E-state index in [0.717, 1.165) is 5.56 Å². The van der Waals surface area contributed by atoms with Crippen molar-refractivity contribution in [1.82, 2.24) is 15.2 Å². The van der Waals surface area contributed by atoms with Gasteiger partial charge in [-0.1, -0.05) is 18.2 Å².